The van der Waals surface area contributed by atoms with Crippen molar-refractivity contribution in [3.63, 3.8) is 0 Å². The van der Waals surface area contributed by atoms with E-state index in [0.29, 0.717) is 0 Å². The molecule has 0 spiro atoms. The van der Waals surface area contributed by atoms with Crippen LogP contribution in [-0.4, -0.2) is 48.2 Å². The van der Waals surface area contributed by atoms with E-state index in [4.69, 9.17) is 10.8 Å². The van der Waals surface area contributed by atoms with Crippen molar-refractivity contribution in [3.8, 4) is 0 Å². The number of methoxy groups -OCH3 is 1. The number of carbonyl (C=O) groups is 3. The number of hydrogen-bond donors (Lipinski definition) is 3. The van der Waals surface area contributed by atoms with Crippen LogP contribution in [0.3, 0.4) is 0 Å². The lowest BCUT2D eigenvalue weighted by molar-refractivity contribution is -0.145. The third-order valence-electron chi connectivity index (χ3n) is 2.34. The van der Waals surface area contributed by atoms with Crippen LogP contribution in [0, 0.1) is 0 Å². The summed E-state index contributed by atoms with van der Waals surface area (Å²) in [7, 11) is 1.16. The number of nitrogens with one attached hydrogen (secondary N) is 1. The minimum Gasteiger partial charge on any atom is -0.480 e. The van der Waals surface area contributed by atoms with E-state index in [0.717, 1.165) is 12.1 Å². The number of carboxylic acid groups (broad SMARTS) is 1. The van der Waals surface area contributed by atoms with Gasteiger partial charge in [0.2, 0.25) is 0 Å². The summed E-state index contributed by atoms with van der Waals surface area (Å²) in [6.45, 7) is -0.936. The molecule has 0 radical (unpaired) electrons. The zero-order valence-electron chi connectivity index (χ0n) is 10.8. The number of esters is 1. The second-order valence-corrected chi connectivity index (χ2v) is 3.85. The van der Waals surface area contributed by atoms with Crippen LogP contribution < -0.4 is 11.2 Å². The molecule has 0 aliphatic heterocycles. The number of benzene rings is 1. The molecule has 0 aliphatic carbocycles. The van der Waals surface area contributed by atoms with Crippen molar-refractivity contribution in [2.75, 3.05) is 25.9 Å². The molecule has 20 heavy (non-hydrogen) atoms. The van der Waals surface area contributed by atoms with Crippen LogP contribution in [0.1, 0.15) is 10.4 Å². The summed E-state index contributed by atoms with van der Waals surface area (Å²) in [4.78, 5) is 33.8. The predicted octanol–water partition coefficient (Wildman–Crippen LogP) is -0.527. The normalized spacial score (nSPS) is 10.1. The number of rotatable bonds is 6. The molecular formula is C12H15N3O5. The zero-order chi connectivity index (χ0) is 15.1. The maximum atomic E-state index is 11.9. The average Bonchev–Trinajstić information content (AvgIpc) is 2.38. The highest BCUT2D eigenvalue weighted by molar-refractivity contribution is 5.99. The Balaban J connectivity index is 2.78. The molecule has 0 heterocycles. The van der Waals surface area contributed by atoms with E-state index < -0.39 is 24.4 Å². The van der Waals surface area contributed by atoms with Crippen LogP contribution >= 0.6 is 0 Å². The molecule has 0 aromatic heterocycles. The molecule has 0 bridgehead atoms. The third-order valence-corrected chi connectivity index (χ3v) is 2.34. The van der Waals surface area contributed by atoms with Crippen molar-refractivity contribution < 1.29 is 24.2 Å². The first-order chi connectivity index (χ1) is 9.43. The summed E-state index contributed by atoms with van der Waals surface area (Å²) >= 11 is 0. The summed E-state index contributed by atoms with van der Waals surface area (Å²) in [5.74, 6) is -2.48. The van der Waals surface area contributed by atoms with Crippen LogP contribution in [0.15, 0.2) is 24.3 Å². The van der Waals surface area contributed by atoms with Gasteiger partial charge in [-0.2, -0.15) is 5.01 Å². The number of amides is 1. The molecule has 1 rings (SSSR count). The van der Waals surface area contributed by atoms with E-state index in [9.17, 15) is 14.4 Å². The van der Waals surface area contributed by atoms with Crippen LogP contribution in [0.4, 0.5) is 5.69 Å². The summed E-state index contributed by atoms with van der Waals surface area (Å²) in [6, 6.07) is 6.31. The Morgan fingerprint density at radius 3 is 2.50 bits per heavy atom. The molecule has 0 atom stereocenters. The Bertz CT molecular complexity index is 518. The minimum atomic E-state index is -1.20. The van der Waals surface area contributed by atoms with Crippen LogP contribution in [0.25, 0.3) is 0 Å². The van der Waals surface area contributed by atoms with Crippen molar-refractivity contribution in [1.29, 1.82) is 0 Å². The van der Waals surface area contributed by atoms with Gasteiger partial charge in [0.25, 0.3) is 5.91 Å². The molecule has 0 aliphatic rings. The Labute approximate surface area is 115 Å². The van der Waals surface area contributed by atoms with E-state index in [-0.39, 0.29) is 17.8 Å². The Morgan fingerprint density at radius 1 is 1.30 bits per heavy atom. The van der Waals surface area contributed by atoms with Crippen molar-refractivity contribution in [1.82, 2.24) is 10.4 Å². The standard InChI is InChI=1S/C12H15N3O5/c1-20-11(18)7-15(6-10(16)17)14-12(19)8-4-2-3-5-9(8)13/h2-5H,6-7,13H2,1H3,(H,14,19)(H,16,17). The molecule has 1 amide bonds. The summed E-state index contributed by atoms with van der Waals surface area (Å²) < 4.78 is 4.42. The number of ether oxygens (including phenoxy) is 1. The number of hydrogen-bond acceptors (Lipinski definition) is 6. The van der Waals surface area contributed by atoms with E-state index in [2.05, 4.69) is 10.2 Å². The molecular weight excluding hydrogens is 266 g/mol. The SMILES string of the molecule is COC(=O)CN(CC(=O)O)NC(=O)c1ccccc1N. The second-order valence-electron chi connectivity index (χ2n) is 3.85. The van der Waals surface area contributed by atoms with Crippen LogP contribution in [0.5, 0.6) is 0 Å². The highest BCUT2D eigenvalue weighted by Crippen LogP contribution is 2.10. The van der Waals surface area contributed by atoms with Crippen molar-refractivity contribution in [2.24, 2.45) is 0 Å². The fourth-order valence-electron chi connectivity index (χ4n) is 1.43. The van der Waals surface area contributed by atoms with Crippen LogP contribution in [-0.2, 0) is 14.3 Å². The van der Waals surface area contributed by atoms with Gasteiger partial charge in [-0.3, -0.25) is 19.8 Å². The number of anilines is 1. The van der Waals surface area contributed by atoms with Crippen molar-refractivity contribution in [3.05, 3.63) is 29.8 Å². The Kier molecular flexibility index (Phi) is 5.48. The maximum absolute atomic E-state index is 11.9. The molecule has 1 aromatic carbocycles. The number of nitrogens with zero attached hydrogens (tertiary/aromatic N) is 1. The van der Waals surface area contributed by atoms with Crippen molar-refractivity contribution >= 4 is 23.5 Å². The maximum Gasteiger partial charge on any atom is 0.321 e. The number of hydrazine groups is 1. The fourth-order valence-corrected chi connectivity index (χ4v) is 1.43. The van der Waals surface area contributed by atoms with E-state index >= 15 is 0 Å². The lowest BCUT2D eigenvalue weighted by Gasteiger charge is -2.20. The third kappa shape index (κ3) is 4.58. The summed E-state index contributed by atoms with van der Waals surface area (Å²) in [5.41, 5.74) is 8.38. The number of carboxylic acids is 1. The Hall–Kier alpha value is -2.61. The number of carbonyl (C=O) groups excluding carboxylic acids is 2. The molecule has 0 saturated carbocycles. The first-order valence-electron chi connectivity index (χ1n) is 5.63. The molecule has 0 unspecified atom stereocenters. The number of aliphatic carboxylic acids is 1. The molecule has 0 fully saturated rings. The van der Waals surface area contributed by atoms with E-state index in [1.54, 1.807) is 12.1 Å². The van der Waals surface area contributed by atoms with Gasteiger partial charge in [-0.15, -0.1) is 0 Å². The molecule has 0 saturated heterocycles. The molecule has 1 aromatic rings. The molecule has 108 valence electrons. The quantitative estimate of drug-likeness (QED) is 0.364. The molecule has 8 heteroatoms. The van der Waals surface area contributed by atoms with Gasteiger partial charge in [0.05, 0.1) is 12.7 Å². The van der Waals surface area contributed by atoms with Gasteiger partial charge in [-0.1, -0.05) is 12.1 Å². The first-order valence-corrected chi connectivity index (χ1v) is 5.63. The van der Waals surface area contributed by atoms with Gasteiger partial charge >= 0.3 is 11.9 Å². The van der Waals surface area contributed by atoms with E-state index in [1.165, 1.54) is 12.1 Å². The zero-order valence-corrected chi connectivity index (χ0v) is 10.8. The largest absolute Gasteiger partial charge is 0.480 e. The highest BCUT2D eigenvalue weighted by Gasteiger charge is 2.18. The first kappa shape index (κ1) is 15.4. The monoisotopic (exact) mass is 281 g/mol. The summed E-state index contributed by atoms with van der Waals surface area (Å²) in [5, 5.41) is 9.67. The van der Waals surface area contributed by atoms with Gasteiger partial charge in [-0.05, 0) is 12.1 Å². The van der Waals surface area contributed by atoms with Gasteiger partial charge in [0.15, 0.2) is 0 Å². The molecule has 8 nitrogen and oxygen atoms in total. The Morgan fingerprint density at radius 2 is 1.95 bits per heavy atom. The molecule has 4 N–H and O–H groups in total. The average molecular weight is 281 g/mol. The highest BCUT2D eigenvalue weighted by atomic mass is 16.5. The van der Waals surface area contributed by atoms with Gasteiger partial charge < -0.3 is 15.6 Å². The second kappa shape index (κ2) is 7.10. The van der Waals surface area contributed by atoms with Crippen LogP contribution in [0.2, 0.25) is 0 Å². The predicted molar refractivity (Wildman–Crippen MR) is 69.5 cm³/mol. The van der Waals surface area contributed by atoms with Gasteiger partial charge in [0.1, 0.15) is 13.1 Å². The minimum absolute atomic E-state index is 0.188. The number of nitrogen functional groups attached to an aromatic ring is 1. The smallest absolute Gasteiger partial charge is 0.321 e. The fraction of sp³-hybridized carbons (Fsp3) is 0.250. The number of para-hydroxylation sites is 1. The topological polar surface area (TPSA) is 122 Å². The van der Waals surface area contributed by atoms with Crippen molar-refractivity contribution in [2.45, 2.75) is 0 Å². The van der Waals surface area contributed by atoms with Gasteiger partial charge in [0, 0.05) is 5.69 Å². The summed E-state index contributed by atoms with van der Waals surface area (Å²) in [6.07, 6.45) is 0. The van der Waals surface area contributed by atoms with E-state index in [1.807, 2.05) is 0 Å². The lowest BCUT2D eigenvalue weighted by Crippen LogP contribution is -2.47. The van der Waals surface area contributed by atoms with Gasteiger partial charge in [-0.25, -0.2) is 0 Å². The number of nitrogens with two attached hydrogens (primary N) is 1. The lowest BCUT2D eigenvalue weighted by atomic mass is 10.2.